The molecular formula is C26H26Cl3NO3. The quantitative estimate of drug-likeness (QED) is 0.397. The lowest BCUT2D eigenvalue weighted by Gasteiger charge is -2.38. The molecule has 2 amide bonds. The molecule has 2 aliphatic rings. The van der Waals surface area contributed by atoms with Gasteiger partial charge in [0, 0.05) is 33.4 Å². The van der Waals surface area contributed by atoms with E-state index in [1.165, 1.54) is 4.90 Å². The Balaban J connectivity index is 1.80. The average Bonchev–Trinajstić information content (AvgIpc) is 3.05. The molecule has 1 saturated heterocycles. The summed E-state index contributed by atoms with van der Waals surface area (Å²) < 4.78 is 5.53. The number of halogens is 3. The Morgan fingerprint density at radius 3 is 2.27 bits per heavy atom. The van der Waals surface area contributed by atoms with E-state index in [4.69, 9.17) is 39.5 Å². The van der Waals surface area contributed by atoms with Crippen molar-refractivity contribution in [2.24, 2.45) is 11.8 Å². The van der Waals surface area contributed by atoms with E-state index in [0.717, 1.165) is 16.7 Å². The summed E-state index contributed by atoms with van der Waals surface area (Å²) in [4.78, 5) is 27.5. The van der Waals surface area contributed by atoms with Gasteiger partial charge in [-0.05, 0) is 69.0 Å². The summed E-state index contributed by atoms with van der Waals surface area (Å²) in [6.45, 7) is 7.60. The molecule has 2 aromatic rings. The number of rotatable bonds is 2. The summed E-state index contributed by atoms with van der Waals surface area (Å²) in [6, 6.07) is 13.2. The summed E-state index contributed by atoms with van der Waals surface area (Å²) in [6.07, 6.45) is 1.50. The standard InChI is InChI=1S/C26H26Cl3NO3/c1-14-11-19(18-10-9-17(28)12-21(18)29)23(15-5-7-16(27)8-6-15)20-13-30(24(31)22(14)20)25(32)33-26(2,3)4/h5-12,19-20,22-23H,13H2,1-4H3/t19-,20+,22-,23-/m0/s1. The van der Waals surface area contributed by atoms with Gasteiger partial charge in [0.15, 0.2) is 0 Å². The van der Waals surface area contributed by atoms with Crippen LogP contribution >= 0.6 is 34.8 Å². The highest BCUT2D eigenvalue weighted by Gasteiger charge is 2.52. The fraction of sp³-hybridized carbons (Fsp3) is 0.385. The van der Waals surface area contributed by atoms with E-state index in [-0.39, 0.29) is 30.2 Å². The minimum absolute atomic E-state index is 0.0916. The van der Waals surface area contributed by atoms with Crippen molar-refractivity contribution >= 4 is 46.8 Å². The summed E-state index contributed by atoms with van der Waals surface area (Å²) in [7, 11) is 0. The van der Waals surface area contributed by atoms with Crippen LogP contribution in [-0.2, 0) is 9.53 Å². The molecule has 174 valence electrons. The topological polar surface area (TPSA) is 46.6 Å². The van der Waals surface area contributed by atoms with Crippen molar-refractivity contribution in [3.8, 4) is 0 Å². The van der Waals surface area contributed by atoms with Gasteiger partial charge in [-0.25, -0.2) is 9.69 Å². The van der Waals surface area contributed by atoms with Crippen LogP contribution in [0.25, 0.3) is 0 Å². The van der Waals surface area contributed by atoms with Gasteiger partial charge in [-0.2, -0.15) is 0 Å². The first-order valence-corrected chi connectivity index (χ1v) is 12.0. The van der Waals surface area contributed by atoms with E-state index < -0.39 is 17.6 Å². The Morgan fingerprint density at radius 2 is 1.67 bits per heavy atom. The van der Waals surface area contributed by atoms with Crippen LogP contribution in [0.5, 0.6) is 0 Å². The second-order valence-electron chi connectivity index (χ2n) is 9.75. The van der Waals surface area contributed by atoms with Crippen LogP contribution in [0.3, 0.4) is 0 Å². The van der Waals surface area contributed by atoms with E-state index >= 15 is 0 Å². The Kier molecular flexibility index (Phi) is 6.56. The Morgan fingerprint density at radius 1 is 1.03 bits per heavy atom. The van der Waals surface area contributed by atoms with Crippen LogP contribution < -0.4 is 0 Å². The van der Waals surface area contributed by atoms with E-state index in [2.05, 4.69) is 6.08 Å². The number of hydrogen-bond donors (Lipinski definition) is 0. The molecule has 1 heterocycles. The zero-order valence-electron chi connectivity index (χ0n) is 18.9. The van der Waals surface area contributed by atoms with E-state index in [9.17, 15) is 9.59 Å². The first-order valence-electron chi connectivity index (χ1n) is 10.9. The van der Waals surface area contributed by atoms with Gasteiger partial charge >= 0.3 is 6.09 Å². The Hall–Kier alpha value is -2.01. The Labute approximate surface area is 209 Å². The molecule has 0 saturated carbocycles. The van der Waals surface area contributed by atoms with E-state index in [1.807, 2.05) is 43.3 Å². The summed E-state index contributed by atoms with van der Waals surface area (Å²) in [5, 5.41) is 1.77. The molecule has 0 N–H and O–H groups in total. The van der Waals surface area contributed by atoms with Crippen molar-refractivity contribution in [2.75, 3.05) is 6.54 Å². The minimum atomic E-state index is -0.690. The molecule has 0 aromatic heterocycles. The number of benzene rings is 2. The van der Waals surface area contributed by atoms with E-state index in [1.54, 1.807) is 26.8 Å². The minimum Gasteiger partial charge on any atom is -0.443 e. The molecule has 2 aromatic carbocycles. The lowest BCUT2D eigenvalue weighted by molar-refractivity contribution is -0.129. The fourth-order valence-electron chi connectivity index (χ4n) is 5.04. The molecular weight excluding hydrogens is 481 g/mol. The molecule has 7 heteroatoms. The summed E-state index contributed by atoms with van der Waals surface area (Å²) >= 11 is 18.9. The van der Waals surface area contributed by atoms with Crippen LogP contribution in [0.2, 0.25) is 15.1 Å². The van der Waals surface area contributed by atoms with Gasteiger partial charge < -0.3 is 4.74 Å². The van der Waals surface area contributed by atoms with Crippen molar-refractivity contribution in [3.63, 3.8) is 0 Å². The number of ether oxygens (including phenoxy) is 1. The van der Waals surface area contributed by atoms with Crippen molar-refractivity contribution in [1.82, 2.24) is 4.90 Å². The molecule has 1 fully saturated rings. The van der Waals surface area contributed by atoms with Crippen molar-refractivity contribution in [1.29, 1.82) is 0 Å². The van der Waals surface area contributed by atoms with Gasteiger partial charge in [-0.15, -0.1) is 0 Å². The number of likely N-dealkylation sites (tertiary alicyclic amines) is 1. The highest BCUT2D eigenvalue weighted by molar-refractivity contribution is 6.35. The second kappa shape index (κ2) is 8.98. The van der Waals surface area contributed by atoms with Crippen LogP contribution in [0.1, 0.15) is 50.7 Å². The lowest BCUT2D eigenvalue weighted by atomic mass is 9.64. The maximum absolute atomic E-state index is 13.4. The maximum Gasteiger partial charge on any atom is 0.417 e. The largest absolute Gasteiger partial charge is 0.443 e. The molecule has 0 radical (unpaired) electrons. The number of amides is 2. The maximum atomic E-state index is 13.4. The number of hydrogen-bond acceptors (Lipinski definition) is 3. The van der Waals surface area contributed by atoms with Gasteiger partial charge in [0.25, 0.3) is 0 Å². The lowest BCUT2D eigenvalue weighted by Crippen LogP contribution is -2.38. The third-order valence-corrected chi connectivity index (χ3v) is 7.14. The average molecular weight is 507 g/mol. The van der Waals surface area contributed by atoms with Crippen LogP contribution in [-0.4, -0.2) is 29.0 Å². The highest BCUT2D eigenvalue weighted by atomic mass is 35.5. The number of nitrogens with zero attached hydrogens (tertiary/aromatic N) is 1. The zero-order valence-corrected chi connectivity index (χ0v) is 21.2. The predicted molar refractivity (Wildman–Crippen MR) is 132 cm³/mol. The molecule has 33 heavy (non-hydrogen) atoms. The number of allylic oxidation sites excluding steroid dienone is 1. The van der Waals surface area contributed by atoms with Crippen LogP contribution in [0, 0.1) is 11.8 Å². The zero-order chi connectivity index (χ0) is 24.1. The number of fused-ring (bicyclic) bond motifs is 1. The molecule has 4 rings (SSSR count). The predicted octanol–water partition coefficient (Wildman–Crippen LogP) is 7.48. The molecule has 4 nitrogen and oxygen atoms in total. The van der Waals surface area contributed by atoms with Crippen molar-refractivity contribution in [3.05, 3.63) is 80.3 Å². The highest BCUT2D eigenvalue weighted by Crippen LogP contribution is 2.53. The van der Waals surface area contributed by atoms with Crippen molar-refractivity contribution < 1.29 is 14.3 Å². The number of carbonyl (C=O) groups excluding carboxylic acids is 2. The Bertz CT molecular complexity index is 1120. The van der Waals surface area contributed by atoms with Crippen LogP contribution in [0.4, 0.5) is 4.79 Å². The summed E-state index contributed by atoms with van der Waals surface area (Å²) in [5.41, 5.74) is 2.21. The van der Waals surface area contributed by atoms with Crippen molar-refractivity contribution in [2.45, 2.75) is 45.1 Å². The normalized spacial score (nSPS) is 25.0. The SMILES string of the molecule is CC1=C[C@@H](c2ccc(Cl)cc2Cl)[C@H](c2ccc(Cl)cc2)[C@@H]2CN(C(=O)OC(C)(C)C)C(=O)[C@@H]12. The third kappa shape index (κ3) is 4.80. The summed E-state index contributed by atoms with van der Waals surface area (Å²) in [5.74, 6) is -0.939. The molecule has 1 aliphatic carbocycles. The van der Waals surface area contributed by atoms with Gasteiger partial charge in [0.2, 0.25) is 5.91 Å². The molecule has 1 aliphatic heterocycles. The van der Waals surface area contributed by atoms with Gasteiger partial charge in [-0.1, -0.05) is 64.7 Å². The fourth-order valence-corrected chi connectivity index (χ4v) is 5.70. The molecule has 0 spiro atoms. The number of carbonyl (C=O) groups is 2. The third-order valence-electron chi connectivity index (χ3n) is 6.33. The monoisotopic (exact) mass is 505 g/mol. The number of imide groups is 1. The smallest absolute Gasteiger partial charge is 0.417 e. The van der Waals surface area contributed by atoms with Gasteiger partial charge in [-0.3, -0.25) is 4.79 Å². The first kappa shape index (κ1) is 24.1. The first-order chi connectivity index (χ1) is 15.5. The second-order valence-corrected chi connectivity index (χ2v) is 11.0. The van der Waals surface area contributed by atoms with Gasteiger partial charge in [0.05, 0.1) is 5.92 Å². The van der Waals surface area contributed by atoms with Crippen LogP contribution in [0.15, 0.2) is 54.1 Å². The van der Waals surface area contributed by atoms with Gasteiger partial charge in [0.1, 0.15) is 5.60 Å². The molecule has 0 unspecified atom stereocenters. The van der Waals surface area contributed by atoms with E-state index in [0.29, 0.717) is 15.1 Å². The molecule has 0 bridgehead atoms. The molecule has 4 atom stereocenters.